The molecule has 0 saturated carbocycles. The van der Waals surface area contributed by atoms with E-state index in [-0.39, 0.29) is 22.4 Å². The summed E-state index contributed by atoms with van der Waals surface area (Å²) >= 11 is 0. The molecule has 0 aromatic heterocycles. The molecule has 1 fully saturated rings. The molecule has 1 heterocycles. The molecule has 1 saturated heterocycles. The van der Waals surface area contributed by atoms with Crippen LogP contribution in [0.25, 0.3) is 0 Å². The van der Waals surface area contributed by atoms with Crippen LogP contribution in [0.5, 0.6) is 0 Å². The van der Waals surface area contributed by atoms with Gasteiger partial charge in [-0.3, -0.25) is 4.79 Å². The zero-order valence-electron chi connectivity index (χ0n) is 10.2. The van der Waals surface area contributed by atoms with Crippen LogP contribution in [0.1, 0.15) is 6.42 Å². The van der Waals surface area contributed by atoms with Crippen molar-refractivity contribution in [2.75, 3.05) is 23.7 Å². The molecule has 6 N–H and O–H groups in total. The third-order valence-electron chi connectivity index (χ3n) is 3.26. The Morgan fingerprint density at radius 1 is 1.37 bits per heavy atom. The minimum atomic E-state index is -3.82. The van der Waals surface area contributed by atoms with Crippen LogP contribution in [-0.4, -0.2) is 27.4 Å². The van der Waals surface area contributed by atoms with E-state index < -0.39 is 10.0 Å². The molecular weight excluding hydrogens is 268 g/mol. The number of hydrogen-bond acceptors (Lipinski definition) is 5. The third-order valence-corrected chi connectivity index (χ3v) is 4.24. The molecule has 1 aromatic rings. The van der Waals surface area contributed by atoms with E-state index in [0.29, 0.717) is 19.5 Å². The van der Waals surface area contributed by atoms with Gasteiger partial charge in [0.2, 0.25) is 15.9 Å². The standard InChI is InChI=1S/C11H16N4O3S/c12-9-5-8(1-2-10(9)19(14,17)18)15-4-3-7(6-15)11(13)16/h1-2,5,7H,3-4,6,12H2,(H2,13,16)(H2,14,17,18). The number of rotatable bonds is 3. The highest BCUT2D eigenvalue weighted by molar-refractivity contribution is 7.89. The molecule has 8 heteroatoms. The van der Waals surface area contributed by atoms with Crippen molar-refractivity contribution >= 4 is 27.3 Å². The number of hydrogen-bond donors (Lipinski definition) is 3. The van der Waals surface area contributed by atoms with E-state index in [1.807, 2.05) is 4.90 Å². The lowest BCUT2D eigenvalue weighted by Crippen LogP contribution is -2.27. The quantitative estimate of drug-likeness (QED) is 0.627. The Morgan fingerprint density at radius 3 is 2.53 bits per heavy atom. The summed E-state index contributed by atoms with van der Waals surface area (Å²) < 4.78 is 22.5. The van der Waals surface area contributed by atoms with Crippen LogP contribution in [0.4, 0.5) is 11.4 Å². The van der Waals surface area contributed by atoms with E-state index in [0.717, 1.165) is 5.69 Å². The molecule has 1 aliphatic heterocycles. The number of nitrogens with zero attached hydrogens (tertiary/aromatic N) is 1. The molecule has 0 bridgehead atoms. The van der Waals surface area contributed by atoms with Crippen molar-refractivity contribution in [3.8, 4) is 0 Å². The van der Waals surface area contributed by atoms with Gasteiger partial charge in [-0.25, -0.2) is 13.6 Å². The summed E-state index contributed by atoms with van der Waals surface area (Å²) in [6.07, 6.45) is 0.687. The first-order valence-corrected chi connectivity index (χ1v) is 7.30. The van der Waals surface area contributed by atoms with Crippen molar-refractivity contribution < 1.29 is 13.2 Å². The number of amides is 1. The summed E-state index contributed by atoms with van der Waals surface area (Å²) in [5.41, 5.74) is 11.8. The largest absolute Gasteiger partial charge is 0.398 e. The fraction of sp³-hybridized carbons (Fsp3) is 0.364. The average molecular weight is 284 g/mol. The number of nitrogen functional groups attached to an aromatic ring is 1. The van der Waals surface area contributed by atoms with Gasteiger partial charge in [-0.15, -0.1) is 0 Å². The lowest BCUT2D eigenvalue weighted by molar-refractivity contribution is -0.121. The van der Waals surface area contributed by atoms with Gasteiger partial charge < -0.3 is 16.4 Å². The SMILES string of the molecule is NC(=O)C1CCN(c2ccc(S(N)(=O)=O)c(N)c2)C1. The van der Waals surface area contributed by atoms with Gasteiger partial charge in [0.15, 0.2) is 0 Å². The maximum Gasteiger partial charge on any atom is 0.240 e. The van der Waals surface area contributed by atoms with Crippen molar-refractivity contribution in [3.05, 3.63) is 18.2 Å². The zero-order chi connectivity index (χ0) is 14.2. The van der Waals surface area contributed by atoms with Gasteiger partial charge in [0.05, 0.1) is 11.6 Å². The summed E-state index contributed by atoms with van der Waals surface area (Å²) in [6.45, 7) is 1.20. The number of primary amides is 1. The van der Waals surface area contributed by atoms with Gasteiger partial charge in [-0.05, 0) is 24.6 Å². The number of benzene rings is 1. The van der Waals surface area contributed by atoms with Crippen LogP contribution < -0.4 is 21.5 Å². The minimum absolute atomic E-state index is 0.0955. The Labute approximate surface area is 111 Å². The predicted octanol–water partition coefficient (Wildman–Crippen LogP) is -0.772. The average Bonchev–Trinajstić information content (AvgIpc) is 2.76. The molecule has 1 aliphatic rings. The monoisotopic (exact) mass is 284 g/mol. The van der Waals surface area contributed by atoms with Crippen LogP contribution in [0, 0.1) is 5.92 Å². The van der Waals surface area contributed by atoms with E-state index in [4.69, 9.17) is 16.6 Å². The van der Waals surface area contributed by atoms with Crippen LogP contribution >= 0.6 is 0 Å². The van der Waals surface area contributed by atoms with Gasteiger partial charge in [-0.2, -0.15) is 0 Å². The maximum atomic E-state index is 11.3. The summed E-state index contributed by atoms with van der Waals surface area (Å²) in [7, 11) is -3.82. The molecule has 1 aromatic carbocycles. The highest BCUT2D eigenvalue weighted by Crippen LogP contribution is 2.28. The van der Waals surface area contributed by atoms with E-state index >= 15 is 0 Å². The molecule has 1 unspecified atom stereocenters. The predicted molar refractivity (Wildman–Crippen MR) is 71.7 cm³/mol. The second-order valence-electron chi connectivity index (χ2n) is 4.60. The topological polar surface area (TPSA) is 133 Å². The summed E-state index contributed by atoms with van der Waals surface area (Å²) in [4.78, 5) is 13.0. The lowest BCUT2D eigenvalue weighted by Gasteiger charge is -2.19. The van der Waals surface area contributed by atoms with Crippen LogP contribution in [0.2, 0.25) is 0 Å². The normalized spacial score (nSPS) is 19.6. The number of anilines is 2. The minimum Gasteiger partial charge on any atom is -0.398 e. The second-order valence-corrected chi connectivity index (χ2v) is 6.13. The van der Waals surface area contributed by atoms with E-state index in [1.54, 1.807) is 12.1 Å². The molecule has 7 nitrogen and oxygen atoms in total. The molecular formula is C11H16N4O3S. The van der Waals surface area contributed by atoms with Crippen molar-refractivity contribution in [3.63, 3.8) is 0 Å². The summed E-state index contributed by atoms with van der Waals surface area (Å²) in [5, 5.41) is 5.04. The Kier molecular flexibility index (Phi) is 3.38. The Bertz CT molecular complexity index is 614. The fourth-order valence-electron chi connectivity index (χ4n) is 2.22. The summed E-state index contributed by atoms with van der Waals surface area (Å²) in [6, 6.07) is 4.54. The van der Waals surface area contributed by atoms with Crippen molar-refractivity contribution in [1.29, 1.82) is 0 Å². The highest BCUT2D eigenvalue weighted by Gasteiger charge is 2.27. The van der Waals surface area contributed by atoms with Gasteiger partial charge in [-0.1, -0.05) is 0 Å². The van der Waals surface area contributed by atoms with Crippen LogP contribution in [0.15, 0.2) is 23.1 Å². The molecule has 2 rings (SSSR count). The lowest BCUT2D eigenvalue weighted by atomic mass is 10.1. The Hall–Kier alpha value is -1.80. The molecule has 0 spiro atoms. The number of sulfonamides is 1. The third kappa shape index (κ3) is 2.79. The van der Waals surface area contributed by atoms with Crippen molar-refractivity contribution in [2.45, 2.75) is 11.3 Å². The smallest absolute Gasteiger partial charge is 0.240 e. The number of nitrogens with two attached hydrogens (primary N) is 3. The van der Waals surface area contributed by atoms with E-state index in [9.17, 15) is 13.2 Å². The summed E-state index contributed by atoms with van der Waals surface area (Å²) in [5.74, 6) is -0.504. The molecule has 1 atom stereocenters. The molecule has 0 radical (unpaired) electrons. The van der Waals surface area contributed by atoms with Gasteiger partial charge in [0.1, 0.15) is 4.90 Å². The van der Waals surface area contributed by atoms with Gasteiger partial charge in [0, 0.05) is 18.8 Å². The fourth-order valence-corrected chi connectivity index (χ4v) is 2.86. The zero-order valence-corrected chi connectivity index (χ0v) is 11.1. The van der Waals surface area contributed by atoms with Crippen LogP contribution in [0.3, 0.4) is 0 Å². The number of carbonyl (C=O) groups is 1. The molecule has 1 amide bonds. The highest BCUT2D eigenvalue weighted by atomic mass is 32.2. The van der Waals surface area contributed by atoms with Gasteiger partial charge >= 0.3 is 0 Å². The number of primary sulfonamides is 1. The second kappa shape index (κ2) is 4.71. The first-order valence-electron chi connectivity index (χ1n) is 5.75. The van der Waals surface area contributed by atoms with Crippen LogP contribution in [-0.2, 0) is 14.8 Å². The molecule has 0 aliphatic carbocycles. The van der Waals surface area contributed by atoms with Gasteiger partial charge in [0.25, 0.3) is 0 Å². The van der Waals surface area contributed by atoms with Crippen molar-refractivity contribution in [1.82, 2.24) is 0 Å². The first kappa shape index (κ1) is 13.6. The molecule has 19 heavy (non-hydrogen) atoms. The van der Waals surface area contributed by atoms with E-state index in [1.165, 1.54) is 6.07 Å². The first-order chi connectivity index (χ1) is 8.79. The van der Waals surface area contributed by atoms with Crippen molar-refractivity contribution in [2.24, 2.45) is 16.8 Å². The number of carbonyl (C=O) groups excluding carboxylic acids is 1. The van der Waals surface area contributed by atoms with E-state index in [2.05, 4.69) is 0 Å². The maximum absolute atomic E-state index is 11.3. The Morgan fingerprint density at radius 2 is 2.05 bits per heavy atom. The molecule has 104 valence electrons. The Balaban J connectivity index is 2.25.